The first kappa shape index (κ1) is 30.8. The van der Waals surface area contributed by atoms with Crippen molar-refractivity contribution in [2.45, 2.75) is 77.4 Å². The average molecular weight is 610 g/mol. The molecule has 1 aromatic heterocycles. The number of hydrogen-bond acceptors (Lipinski definition) is 7. The number of piperidine rings is 2. The topological polar surface area (TPSA) is 118 Å². The van der Waals surface area contributed by atoms with Crippen molar-refractivity contribution in [1.29, 1.82) is 0 Å². The van der Waals surface area contributed by atoms with Gasteiger partial charge >= 0.3 is 12.1 Å². The lowest BCUT2D eigenvalue weighted by Gasteiger charge is -2.35. The van der Waals surface area contributed by atoms with Crippen molar-refractivity contribution >= 4 is 39.8 Å². The molecule has 2 aliphatic rings. The molecule has 1 aromatic rings. The van der Waals surface area contributed by atoms with Gasteiger partial charge in [-0.1, -0.05) is 0 Å². The number of nitrogens with one attached hydrogen (secondary N) is 1. The van der Waals surface area contributed by atoms with Gasteiger partial charge < -0.3 is 24.6 Å². The van der Waals surface area contributed by atoms with Crippen LogP contribution in [0, 0.1) is 11.8 Å². The first-order valence-electron chi connectivity index (χ1n) is 13.7. The molecule has 0 aromatic carbocycles. The van der Waals surface area contributed by atoms with Crippen LogP contribution in [0.2, 0.25) is 0 Å². The molecule has 39 heavy (non-hydrogen) atoms. The van der Waals surface area contributed by atoms with Gasteiger partial charge in [0.1, 0.15) is 5.60 Å². The van der Waals surface area contributed by atoms with Crippen LogP contribution >= 0.6 is 15.9 Å². The lowest BCUT2D eigenvalue weighted by molar-refractivity contribution is -0.141. The molecular weight excluding hydrogens is 568 g/mol. The van der Waals surface area contributed by atoms with E-state index in [1.165, 1.54) is 7.11 Å². The van der Waals surface area contributed by atoms with Gasteiger partial charge in [-0.05, 0) is 86.4 Å². The van der Waals surface area contributed by atoms with Gasteiger partial charge in [-0.2, -0.15) is 0 Å². The van der Waals surface area contributed by atoms with Crippen LogP contribution in [0.25, 0.3) is 0 Å². The number of carbonyl (C=O) groups is 4. The third-order valence-electron chi connectivity index (χ3n) is 7.22. The first-order valence-corrected chi connectivity index (χ1v) is 14.5. The number of hydrogen-bond donors (Lipinski definition) is 1. The highest BCUT2D eigenvalue weighted by Crippen LogP contribution is 2.26. The molecule has 2 fully saturated rings. The number of aromatic nitrogens is 1. The molecule has 0 radical (unpaired) electrons. The lowest BCUT2D eigenvalue weighted by atomic mass is 9.91. The van der Waals surface area contributed by atoms with E-state index >= 15 is 0 Å². The average Bonchev–Trinajstić information content (AvgIpc) is 2.90. The Morgan fingerprint density at radius 1 is 1.10 bits per heavy atom. The van der Waals surface area contributed by atoms with Crippen LogP contribution in [0.15, 0.2) is 22.9 Å². The van der Waals surface area contributed by atoms with Crippen LogP contribution in [0.1, 0.15) is 77.3 Å². The summed E-state index contributed by atoms with van der Waals surface area (Å²) >= 11 is 3.38. The molecule has 0 bridgehead atoms. The zero-order valence-electron chi connectivity index (χ0n) is 23.4. The molecule has 0 saturated carbocycles. The van der Waals surface area contributed by atoms with Crippen LogP contribution < -0.4 is 5.32 Å². The quantitative estimate of drug-likeness (QED) is 0.439. The van der Waals surface area contributed by atoms with Gasteiger partial charge in [0.05, 0.1) is 25.5 Å². The predicted octanol–water partition coefficient (Wildman–Crippen LogP) is 4.23. The largest absolute Gasteiger partial charge is 0.469 e. The van der Waals surface area contributed by atoms with Crippen molar-refractivity contribution in [3.63, 3.8) is 0 Å². The highest BCUT2D eigenvalue weighted by molar-refractivity contribution is 9.10. The fraction of sp³-hybridized carbons (Fsp3) is 0.679. The second-order valence-electron chi connectivity index (χ2n) is 11.4. The summed E-state index contributed by atoms with van der Waals surface area (Å²) in [5.41, 5.74) is 0.187. The SMILES string of the molecule is COC(=O)C[C@H](NC(=O)[C@@H]1CCCN(C(=O)CCC2CCN(C(=O)OC(C)(C)C)CC2)C1)c1cncc(Br)c1. The van der Waals surface area contributed by atoms with Crippen LogP contribution in [-0.4, -0.2) is 77.6 Å². The summed E-state index contributed by atoms with van der Waals surface area (Å²) in [6.07, 6.45) is 7.29. The third-order valence-corrected chi connectivity index (χ3v) is 7.65. The molecule has 3 rings (SSSR count). The molecule has 2 saturated heterocycles. The van der Waals surface area contributed by atoms with Crippen LogP contribution in [0.3, 0.4) is 0 Å². The Kier molecular flexibility index (Phi) is 11.1. The molecular formula is C28H41BrN4O6. The molecule has 0 unspecified atom stereocenters. The van der Waals surface area contributed by atoms with E-state index < -0.39 is 17.6 Å². The molecule has 11 heteroatoms. The minimum atomic E-state index is -0.576. The number of pyridine rings is 1. The van der Waals surface area contributed by atoms with Gasteiger partial charge in [-0.25, -0.2) is 4.79 Å². The number of carbonyl (C=O) groups excluding carboxylic acids is 4. The van der Waals surface area contributed by atoms with E-state index in [4.69, 9.17) is 9.47 Å². The number of halogens is 1. The summed E-state index contributed by atoms with van der Waals surface area (Å²) in [6, 6.07) is 1.24. The Hall–Kier alpha value is -2.69. The number of methoxy groups -OCH3 is 1. The molecule has 2 atom stereocenters. The van der Waals surface area contributed by atoms with E-state index in [0.29, 0.717) is 50.5 Å². The minimum Gasteiger partial charge on any atom is -0.469 e. The molecule has 0 spiro atoms. The van der Waals surface area contributed by atoms with Crippen molar-refractivity contribution in [3.05, 3.63) is 28.5 Å². The monoisotopic (exact) mass is 608 g/mol. The zero-order valence-corrected chi connectivity index (χ0v) is 25.0. The van der Waals surface area contributed by atoms with E-state index in [0.717, 1.165) is 30.2 Å². The van der Waals surface area contributed by atoms with E-state index in [-0.39, 0.29) is 30.2 Å². The van der Waals surface area contributed by atoms with Crippen molar-refractivity contribution in [2.24, 2.45) is 11.8 Å². The Labute approximate surface area is 239 Å². The zero-order chi connectivity index (χ0) is 28.6. The Morgan fingerprint density at radius 3 is 2.46 bits per heavy atom. The van der Waals surface area contributed by atoms with Gasteiger partial charge in [0.15, 0.2) is 0 Å². The highest BCUT2D eigenvalue weighted by Gasteiger charge is 2.32. The summed E-state index contributed by atoms with van der Waals surface area (Å²) in [7, 11) is 1.31. The van der Waals surface area contributed by atoms with Crippen LogP contribution in [-0.2, 0) is 23.9 Å². The van der Waals surface area contributed by atoms with Crippen molar-refractivity contribution in [2.75, 3.05) is 33.3 Å². The normalized spacial score (nSPS) is 19.3. The summed E-state index contributed by atoms with van der Waals surface area (Å²) in [6.45, 7) is 7.86. The maximum absolute atomic E-state index is 13.2. The van der Waals surface area contributed by atoms with E-state index in [9.17, 15) is 19.2 Å². The minimum absolute atomic E-state index is 0.0114. The Balaban J connectivity index is 1.48. The second-order valence-corrected chi connectivity index (χ2v) is 12.3. The van der Waals surface area contributed by atoms with Crippen molar-refractivity contribution < 1.29 is 28.7 Å². The molecule has 10 nitrogen and oxygen atoms in total. The lowest BCUT2D eigenvalue weighted by Crippen LogP contribution is -2.46. The van der Waals surface area contributed by atoms with Gasteiger partial charge in [0.25, 0.3) is 0 Å². The second kappa shape index (κ2) is 14.1. The number of esters is 1. The smallest absolute Gasteiger partial charge is 0.410 e. The molecule has 1 N–H and O–H groups in total. The van der Waals surface area contributed by atoms with Gasteiger partial charge in [0.2, 0.25) is 11.8 Å². The summed E-state index contributed by atoms with van der Waals surface area (Å²) in [5, 5.41) is 2.98. The molecule has 3 amide bonds. The van der Waals surface area contributed by atoms with E-state index in [2.05, 4.69) is 26.2 Å². The van der Waals surface area contributed by atoms with Crippen molar-refractivity contribution in [3.8, 4) is 0 Å². The number of amides is 3. The molecule has 216 valence electrons. The van der Waals surface area contributed by atoms with Gasteiger partial charge in [0, 0.05) is 49.5 Å². The number of ether oxygens (including phenoxy) is 2. The van der Waals surface area contributed by atoms with E-state index in [1.807, 2.05) is 26.8 Å². The fourth-order valence-corrected chi connectivity index (χ4v) is 5.43. The third kappa shape index (κ3) is 9.77. The van der Waals surface area contributed by atoms with Crippen LogP contribution in [0.5, 0.6) is 0 Å². The maximum atomic E-state index is 13.2. The van der Waals surface area contributed by atoms with Gasteiger partial charge in [-0.15, -0.1) is 0 Å². The van der Waals surface area contributed by atoms with Crippen LogP contribution in [0.4, 0.5) is 4.79 Å². The molecule has 2 aliphatic heterocycles. The summed E-state index contributed by atoms with van der Waals surface area (Å²) in [5.74, 6) is -0.521. The Bertz CT molecular complexity index is 1020. The molecule has 0 aliphatic carbocycles. The Morgan fingerprint density at radius 2 is 1.82 bits per heavy atom. The predicted molar refractivity (Wildman–Crippen MR) is 149 cm³/mol. The maximum Gasteiger partial charge on any atom is 0.410 e. The summed E-state index contributed by atoms with van der Waals surface area (Å²) in [4.78, 5) is 58.2. The standard InChI is InChI=1S/C28H41BrN4O6/c1-28(2,3)39-27(37)32-12-9-19(10-13-32)7-8-24(34)33-11-5-6-20(18-33)26(36)31-23(15-25(35)38-4)21-14-22(29)17-30-16-21/h14,16-17,19-20,23H,5-13,15,18H2,1-4H3,(H,31,36)/t20-,23+/m1/s1. The van der Waals surface area contributed by atoms with Gasteiger partial charge in [-0.3, -0.25) is 19.4 Å². The fourth-order valence-electron chi connectivity index (χ4n) is 5.04. The summed E-state index contributed by atoms with van der Waals surface area (Å²) < 4.78 is 11.0. The van der Waals surface area contributed by atoms with E-state index in [1.54, 1.807) is 22.2 Å². The van der Waals surface area contributed by atoms with Crippen molar-refractivity contribution in [1.82, 2.24) is 20.1 Å². The number of rotatable bonds is 8. The number of nitrogens with zero attached hydrogens (tertiary/aromatic N) is 3. The number of likely N-dealkylation sites (tertiary alicyclic amines) is 2. The highest BCUT2D eigenvalue weighted by atomic mass is 79.9. The first-order chi connectivity index (χ1) is 18.4. The molecule has 3 heterocycles.